The third-order valence-corrected chi connectivity index (χ3v) is 4.70. The standard InChI is InChI=1S/C17H28N2/c1-5-15-10-11-19(12-15)14(3)17(18-4)16-8-6-13(2)7-9-16/h6-9,14-15,17-18H,5,10-12H2,1-4H3. The van der Waals surface area contributed by atoms with Gasteiger partial charge in [0.25, 0.3) is 0 Å². The van der Waals surface area contributed by atoms with Crippen LogP contribution in [0.5, 0.6) is 0 Å². The Morgan fingerprint density at radius 2 is 2.00 bits per heavy atom. The molecular weight excluding hydrogens is 232 g/mol. The molecule has 3 unspecified atom stereocenters. The lowest BCUT2D eigenvalue weighted by Crippen LogP contribution is -2.40. The number of rotatable bonds is 5. The van der Waals surface area contributed by atoms with Crippen LogP contribution in [-0.2, 0) is 0 Å². The number of nitrogens with one attached hydrogen (secondary N) is 1. The Bertz CT molecular complexity index is 385. The average Bonchev–Trinajstić information content (AvgIpc) is 2.90. The number of likely N-dealkylation sites (tertiary alicyclic amines) is 1. The van der Waals surface area contributed by atoms with Crippen molar-refractivity contribution in [1.82, 2.24) is 10.2 Å². The van der Waals surface area contributed by atoms with E-state index in [1.807, 2.05) is 0 Å². The molecule has 0 bridgehead atoms. The first-order chi connectivity index (χ1) is 9.15. The summed E-state index contributed by atoms with van der Waals surface area (Å²) >= 11 is 0. The fraction of sp³-hybridized carbons (Fsp3) is 0.647. The van der Waals surface area contributed by atoms with Gasteiger partial charge >= 0.3 is 0 Å². The van der Waals surface area contributed by atoms with Gasteiger partial charge in [0.05, 0.1) is 0 Å². The first-order valence-corrected chi connectivity index (χ1v) is 7.63. The average molecular weight is 260 g/mol. The molecule has 2 heteroatoms. The van der Waals surface area contributed by atoms with Gasteiger partial charge in [0, 0.05) is 18.6 Å². The lowest BCUT2D eigenvalue weighted by molar-refractivity contribution is 0.204. The lowest BCUT2D eigenvalue weighted by Gasteiger charge is -2.32. The summed E-state index contributed by atoms with van der Waals surface area (Å²) in [5.41, 5.74) is 2.74. The van der Waals surface area contributed by atoms with Gasteiger partial charge in [-0.1, -0.05) is 43.2 Å². The highest BCUT2D eigenvalue weighted by molar-refractivity contribution is 5.25. The maximum absolute atomic E-state index is 3.51. The number of hydrogen-bond donors (Lipinski definition) is 1. The summed E-state index contributed by atoms with van der Waals surface area (Å²) < 4.78 is 0. The Hall–Kier alpha value is -0.860. The maximum Gasteiger partial charge on any atom is 0.0473 e. The van der Waals surface area contributed by atoms with Gasteiger partial charge in [0.2, 0.25) is 0 Å². The van der Waals surface area contributed by atoms with Gasteiger partial charge in [0.15, 0.2) is 0 Å². The Morgan fingerprint density at radius 1 is 1.32 bits per heavy atom. The molecule has 0 radical (unpaired) electrons. The Labute approximate surface area is 118 Å². The van der Waals surface area contributed by atoms with Crippen molar-refractivity contribution in [3.63, 3.8) is 0 Å². The molecule has 1 aromatic carbocycles. The predicted molar refractivity (Wildman–Crippen MR) is 82.4 cm³/mol. The Morgan fingerprint density at radius 3 is 2.53 bits per heavy atom. The second-order valence-electron chi connectivity index (χ2n) is 5.98. The molecule has 0 saturated carbocycles. The molecule has 1 aromatic rings. The summed E-state index contributed by atoms with van der Waals surface area (Å²) in [5.74, 6) is 0.901. The quantitative estimate of drug-likeness (QED) is 0.873. The van der Waals surface area contributed by atoms with Crippen molar-refractivity contribution >= 4 is 0 Å². The molecule has 1 N–H and O–H groups in total. The second-order valence-corrected chi connectivity index (χ2v) is 5.98. The van der Waals surface area contributed by atoms with Crippen LogP contribution in [0.4, 0.5) is 0 Å². The number of benzene rings is 1. The third-order valence-electron chi connectivity index (χ3n) is 4.70. The van der Waals surface area contributed by atoms with E-state index >= 15 is 0 Å². The molecule has 0 aromatic heterocycles. The number of hydrogen-bond acceptors (Lipinski definition) is 2. The molecule has 1 aliphatic heterocycles. The summed E-state index contributed by atoms with van der Waals surface area (Å²) in [6, 6.07) is 9.94. The molecule has 2 rings (SSSR count). The van der Waals surface area contributed by atoms with Crippen LogP contribution in [0.1, 0.15) is 43.9 Å². The summed E-state index contributed by atoms with van der Waals surface area (Å²) in [5, 5.41) is 3.51. The van der Waals surface area contributed by atoms with Crippen LogP contribution in [-0.4, -0.2) is 31.1 Å². The van der Waals surface area contributed by atoms with Gasteiger partial charge in [-0.15, -0.1) is 0 Å². The zero-order valence-corrected chi connectivity index (χ0v) is 12.8. The Kier molecular flexibility index (Phi) is 5.00. The first-order valence-electron chi connectivity index (χ1n) is 7.63. The summed E-state index contributed by atoms with van der Waals surface area (Å²) in [4.78, 5) is 2.65. The van der Waals surface area contributed by atoms with E-state index in [9.17, 15) is 0 Å². The number of likely N-dealkylation sites (N-methyl/N-ethyl adjacent to an activating group) is 1. The highest BCUT2D eigenvalue weighted by atomic mass is 15.2. The topological polar surface area (TPSA) is 15.3 Å². The van der Waals surface area contributed by atoms with E-state index in [4.69, 9.17) is 0 Å². The first kappa shape index (κ1) is 14.5. The van der Waals surface area contributed by atoms with Crippen molar-refractivity contribution in [2.75, 3.05) is 20.1 Å². The van der Waals surface area contributed by atoms with Crippen LogP contribution >= 0.6 is 0 Å². The van der Waals surface area contributed by atoms with Crippen LogP contribution in [0.2, 0.25) is 0 Å². The van der Waals surface area contributed by atoms with Gasteiger partial charge in [-0.05, 0) is 45.3 Å². The number of aryl methyl sites for hydroxylation is 1. The highest BCUT2D eigenvalue weighted by Crippen LogP contribution is 2.27. The van der Waals surface area contributed by atoms with Crippen molar-refractivity contribution in [2.45, 2.75) is 45.7 Å². The minimum absolute atomic E-state index is 0.427. The van der Waals surface area contributed by atoms with E-state index in [1.54, 1.807) is 0 Å². The van der Waals surface area contributed by atoms with Gasteiger partial charge in [-0.3, -0.25) is 4.90 Å². The van der Waals surface area contributed by atoms with E-state index in [1.165, 1.54) is 37.1 Å². The van der Waals surface area contributed by atoms with Crippen LogP contribution in [0.15, 0.2) is 24.3 Å². The van der Waals surface area contributed by atoms with Crippen LogP contribution in [0, 0.1) is 12.8 Å². The van der Waals surface area contributed by atoms with Crippen LogP contribution < -0.4 is 5.32 Å². The van der Waals surface area contributed by atoms with Crippen molar-refractivity contribution in [2.24, 2.45) is 5.92 Å². The minimum Gasteiger partial charge on any atom is -0.312 e. The van der Waals surface area contributed by atoms with Crippen molar-refractivity contribution < 1.29 is 0 Å². The molecule has 0 spiro atoms. The van der Waals surface area contributed by atoms with Crippen molar-refractivity contribution in [1.29, 1.82) is 0 Å². The van der Waals surface area contributed by atoms with Crippen LogP contribution in [0.25, 0.3) is 0 Å². The zero-order valence-electron chi connectivity index (χ0n) is 12.8. The molecule has 1 heterocycles. The lowest BCUT2D eigenvalue weighted by atomic mass is 9.98. The summed E-state index contributed by atoms with van der Waals surface area (Å²) in [7, 11) is 2.08. The molecule has 3 atom stereocenters. The monoisotopic (exact) mass is 260 g/mol. The Balaban J connectivity index is 2.07. The molecule has 1 fully saturated rings. The fourth-order valence-electron chi connectivity index (χ4n) is 3.24. The van der Waals surface area contributed by atoms with E-state index in [-0.39, 0.29) is 0 Å². The van der Waals surface area contributed by atoms with Gasteiger partial charge < -0.3 is 5.32 Å². The van der Waals surface area contributed by atoms with Gasteiger partial charge in [-0.2, -0.15) is 0 Å². The largest absolute Gasteiger partial charge is 0.312 e. The summed E-state index contributed by atoms with van der Waals surface area (Å²) in [6.45, 7) is 9.34. The van der Waals surface area contributed by atoms with E-state index in [0.29, 0.717) is 12.1 Å². The van der Waals surface area contributed by atoms with Crippen molar-refractivity contribution in [3.05, 3.63) is 35.4 Å². The normalized spacial score (nSPS) is 23.5. The zero-order chi connectivity index (χ0) is 13.8. The van der Waals surface area contributed by atoms with Crippen molar-refractivity contribution in [3.8, 4) is 0 Å². The number of nitrogens with zero attached hydrogens (tertiary/aromatic N) is 1. The fourth-order valence-corrected chi connectivity index (χ4v) is 3.24. The molecule has 1 aliphatic rings. The third kappa shape index (κ3) is 3.37. The van der Waals surface area contributed by atoms with E-state index < -0.39 is 0 Å². The second kappa shape index (κ2) is 6.53. The molecular formula is C17H28N2. The summed E-state index contributed by atoms with van der Waals surface area (Å²) in [6.07, 6.45) is 2.68. The molecule has 106 valence electrons. The van der Waals surface area contributed by atoms with Crippen LogP contribution in [0.3, 0.4) is 0 Å². The van der Waals surface area contributed by atoms with Gasteiger partial charge in [-0.25, -0.2) is 0 Å². The van der Waals surface area contributed by atoms with E-state index in [2.05, 4.69) is 62.3 Å². The smallest absolute Gasteiger partial charge is 0.0473 e. The minimum atomic E-state index is 0.427. The maximum atomic E-state index is 3.51. The predicted octanol–water partition coefficient (Wildman–Crippen LogP) is 3.38. The molecule has 0 amide bonds. The van der Waals surface area contributed by atoms with E-state index in [0.717, 1.165) is 5.92 Å². The molecule has 2 nitrogen and oxygen atoms in total. The van der Waals surface area contributed by atoms with Gasteiger partial charge in [0.1, 0.15) is 0 Å². The molecule has 19 heavy (non-hydrogen) atoms. The highest BCUT2D eigenvalue weighted by Gasteiger charge is 2.29. The molecule has 0 aliphatic carbocycles. The SMILES string of the molecule is CCC1CCN(C(C)C(NC)c2ccc(C)cc2)C1. The molecule has 1 saturated heterocycles.